The van der Waals surface area contributed by atoms with Gasteiger partial charge in [0.15, 0.2) is 0 Å². The Kier molecular flexibility index (Phi) is 4.22. The molecular formula is C13H11ClF3N3O. The molecule has 112 valence electrons. The number of hydrogen-bond donors (Lipinski definition) is 2. The van der Waals surface area contributed by atoms with Crippen molar-refractivity contribution in [1.82, 2.24) is 10.2 Å². The predicted molar refractivity (Wildman–Crippen MR) is 72.1 cm³/mol. The second-order valence-corrected chi connectivity index (χ2v) is 4.87. The molecule has 1 amide bonds. The number of carbonyl (C=O) groups is 1. The van der Waals surface area contributed by atoms with E-state index in [4.69, 9.17) is 11.6 Å². The molecule has 0 spiro atoms. The normalized spacial score (nSPS) is 11.5. The van der Waals surface area contributed by atoms with Crippen LogP contribution in [0.25, 0.3) is 0 Å². The smallest absolute Gasteiger partial charge is 0.326 e. The number of nitrogens with zero attached hydrogens (tertiary/aromatic N) is 1. The number of amides is 1. The summed E-state index contributed by atoms with van der Waals surface area (Å²) in [4.78, 5) is 11.8. The third-order valence-corrected chi connectivity index (χ3v) is 2.99. The van der Waals surface area contributed by atoms with E-state index >= 15 is 0 Å². The summed E-state index contributed by atoms with van der Waals surface area (Å²) in [6.45, 7) is 1.78. The van der Waals surface area contributed by atoms with E-state index in [9.17, 15) is 18.0 Å². The monoisotopic (exact) mass is 317 g/mol. The summed E-state index contributed by atoms with van der Waals surface area (Å²) in [5, 5.41) is 8.53. The Labute approximate surface area is 123 Å². The van der Waals surface area contributed by atoms with Crippen molar-refractivity contribution in [3.05, 3.63) is 46.2 Å². The standard InChI is InChI=1S/C13H11ClF3N3O/c1-7-4-9(20-19-7)6-12(21)18-8-2-3-11(14)10(5-8)13(15,16)17/h2-5H,6H2,1H3,(H,18,21)(H,19,20). The minimum Gasteiger partial charge on any atom is -0.326 e. The minimum absolute atomic E-state index is 0.0315. The number of hydrogen-bond acceptors (Lipinski definition) is 2. The van der Waals surface area contributed by atoms with Crippen molar-refractivity contribution in [3.63, 3.8) is 0 Å². The summed E-state index contributed by atoms with van der Waals surface area (Å²) in [7, 11) is 0. The fourth-order valence-corrected chi connectivity index (χ4v) is 1.98. The largest absolute Gasteiger partial charge is 0.417 e. The van der Waals surface area contributed by atoms with E-state index in [-0.39, 0.29) is 12.1 Å². The van der Waals surface area contributed by atoms with Crippen LogP contribution in [0.2, 0.25) is 5.02 Å². The number of carbonyl (C=O) groups excluding carboxylic acids is 1. The van der Waals surface area contributed by atoms with Gasteiger partial charge in [-0.25, -0.2) is 0 Å². The van der Waals surface area contributed by atoms with Crippen molar-refractivity contribution in [1.29, 1.82) is 0 Å². The Morgan fingerprint density at radius 2 is 2.10 bits per heavy atom. The summed E-state index contributed by atoms with van der Waals surface area (Å²) in [6, 6.07) is 4.89. The van der Waals surface area contributed by atoms with Crippen LogP contribution in [0.1, 0.15) is 17.0 Å². The molecule has 1 aromatic carbocycles. The highest BCUT2D eigenvalue weighted by Gasteiger charge is 2.33. The van der Waals surface area contributed by atoms with Crippen LogP contribution in [0.4, 0.5) is 18.9 Å². The van der Waals surface area contributed by atoms with E-state index in [1.807, 2.05) is 0 Å². The number of aryl methyl sites for hydroxylation is 1. The summed E-state index contributed by atoms with van der Waals surface area (Å²) in [5.74, 6) is -0.461. The maximum atomic E-state index is 12.7. The molecule has 0 fully saturated rings. The van der Waals surface area contributed by atoms with Crippen LogP contribution in [0.15, 0.2) is 24.3 Å². The van der Waals surface area contributed by atoms with E-state index < -0.39 is 22.7 Å². The molecule has 0 saturated carbocycles. The van der Waals surface area contributed by atoms with Crippen molar-refractivity contribution in [2.24, 2.45) is 0 Å². The molecule has 1 aromatic heterocycles. The highest BCUT2D eigenvalue weighted by atomic mass is 35.5. The van der Waals surface area contributed by atoms with E-state index in [0.29, 0.717) is 5.69 Å². The first-order chi connectivity index (χ1) is 9.75. The number of nitrogens with one attached hydrogen (secondary N) is 2. The van der Waals surface area contributed by atoms with Crippen LogP contribution in [0, 0.1) is 6.92 Å². The summed E-state index contributed by atoms with van der Waals surface area (Å²) in [5.41, 5.74) is 0.347. The van der Waals surface area contributed by atoms with Gasteiger partial charge in [0.05, 0.1) is 22.7 Å². The zero-order chi connectivity index (χ0) is 15.6. The molecule has 8 heteroatoms. The fourth-order valence-electron chi connectivity index (χ4n) is 1.75. The number of aromatic nitrogens is 2. The van der Waals surface area contributed by atoms with Crippen molar-refractivity contribution in [3.8, 4) is 0 Å². The molecule has 0 radical (unpaired) electrons. The Hall–Kier alpha value is -2.02. The molecule has 4 nitrogen and oxygen atoms in total. The maximum absolute atomic E-state index is 12.7. The fraction of sp³-hybridized carbons (Fsp3) is 0.231. The van der Waals surface area contributed by atoms with Gasteiger partial charge in [0.25, 0.3) is 0 Å². The molecule has 2 rings (SSSR count). The zero-order valence-electron chi connectivity index (χ0n) is 10.9. The summed E-state index contributed by atoms with van der Waals surface area (Å²) < 4.78 is 38.1. The van der Waals surface area contributed by atoms with Gasteiger partial charge in [0.2, 0.25) is 5.91 Å². The molecule has 0 saturated heterocycles. The van der Waals surface area contributed by atoms with Gasteiger partial charge in [0, 0.05) is 11.4 Å². The van der Waals surface area contributed by atoms with Crippen LogP contribution in [0.3, 0.4) is 0 Å². The first kappa shape index (κ1) is 15.4. The topological polar surface area (TPSA) is 57.8 Å². The van der Waals surface area contributed by atoms with Gasteiger partial charge in [-0.3, -0.25) is 9.89 Å². The van der Waals surface area contributed by atoms with Crippen LogP contribution in [0.5, 0.6) is 0 Å². The summed E-state index contributed by atoms with van der Waals surface area (Å²) >= 11 is 5.50. The maximum Gasteiger partial charge on any atom is 0.417 e. The predicted octanol–water partition coefficient (Wildman–Crippen LogP) is 3.57. The van der Waals surface area contributed by atoms with E-state index in [1.165, 1.54) is 6.07 Å². The van der Waals surface area contributed by atoms with Crippen molar-refractivity contribution in [2.75, 3.05) is 5.32 Å². The quantitative estimate of drug-likeness (QED) is 0.909. The highest BCUT2D eigenvalue weighted by molar-refractivity contribution is 6.31. The van der Waals surface area contributed by atoms with Gasteiger partial charge < -0.3 is 5.32 Å². The zero-order valence-corrected chi connectivity index (χ0v) is 11.6. The van der Waals surface area contributed by atoms with E-state index in [0.717, 1.165) is 17.8 Å². The molecule has 0 aliphatic carbocycles. The van der Waals surface area contributed by atoms with Gasteiger partial charge in [-0.1, -0.05) is 11.6 Å². The average molecular weight is 318 g/mol. The lowest BCUT2D eigenvalue weighted by molar-refractivity contribution is -0.137. The lowest BCUT2D eigenvalue weighted by atomic mass is 10.2. The van der Waals surface area contributed by atoms with Gasteiger partial charge in [0.1, 0.15) is 0 Å². The number of rotatable bonds is 3. The number of anilines is 1. The van der Waals surface area contributed by atoms with E-state index in [2.05, 4.69) is 15.5 Å². The van der Waals surface area contributed by atoms with Crippen LogP contribution < -0.4 is 5.32 Å². The van der Waals surface area contributed by atoms with Crippen LogP contribution in [-0.2, 0) is 17.4 Å². The first-order valence-electron chi connectivity index (χ1n) is 5.93. The van der Waals surface area contributed by atoms with Crippen molar-refractivity contribution in [2.45, 2.75) is 19.5 Å². The highest BCUT2D eigenvalue weighted by Crippen LogP contribution is 2.36. The number of H-pyrrole nitrogens is 1. The van der Waals surface area contributed by atoms with Gasteiger partial charge in [-0.2, -0.15) is 18.3 Å². The Bertz CT molecular complexity index is 667. The second kappa shape index (κ2) is 5.77. The number of benzene rings is 1. The van der Waals surface area contributed by atoms with E-state index in [1.54, 1.807) is 13.0 Å². The lowest BCUT2D eigenvalue weighted by Crippen LogP contribution is -2.15. The van der Waals surface area contributed by atoms with Crippen LogP contribution in [-0.4, -0.2) is 16.1 Å². The van der Waals surface area contributed by atoms with Crippen molar-refractivity contribution >= 4 is 23.2 Å². The van der Waals surface area contributed by atoms with Gasteiger partial charge >= 0.3 is 6.18 Å². The number of alkyl halides is 3. The number of aromatic amines is 1. The molecule has 21 heavy (non-hydrogen) atoms. The molecule has 1 heterocycles. The Balaban J connectivity index is 2.11. The molecule has 0 bridgehead atoms. The van der Waals surface area contributed by atoms with Crippen molar-refractivity contribution < 1.29 is 18.0 Å². The Morgan fingerprint density at radius 3 is 2.67 bits per heavy atom. The number of halogens is 4. The molecule has 0 aliphatic rings. The van der Waals surface area contributed by atoms with Gasteiger partial charge in [-0.05, 0) is 31.2 Å². The van der Waals surface area contributed by atoms with Crippen LogP contribution >= 0.6 is 11.6 Å². The lowest BCUT2D eigenvalue weighted by Gasteiger charge is -2.11. The summed E-state index contributed by atoms with van der Waals surface area (Å²) in [6.07, 6.45) is -4.61. The Morgan fingerprint density at radius 1 is 1.38 bits per heavy atom. The molecule has 2 N–H and O–H groups in total. The molecule has 0 atom stereocenters. The molecule has 0 unspecified atom stereocenters. The third-order valence-electron chi connectivity index (χ3n) is 2.66. The van der Waals surface area contributed by atoms with Gasteiger partial charge in [-0.15, -0.1) is 0 Å². The average Bonchev–Trinajstić information content (AvgIpc) is 2.75. The minimum atomic E-state index is -4.57. The third kappa shape index (κ3) is 3.98. The second-order valence-electron chi connectivity index (χ2n) is 4.46. The first-order valence-corrected chi connectivity index (χ1v) is 6.31. The SMILES string of the molecule is Cc1cc(CC(=O)Nc2ccc(Cl)c(C(F)(F)F)c2)n[nH]1. The molecule has 0 aliphatic heterocycles. The molecule has 2 aromatic rings. The molecular weight excluding hydrogens is 307 g/mol.